The molecule has 102 valence electrons. The lowest BCUT2D eigenvalue weighted by Crippen LogP contribution is -2.27. The molecular weight excluding hydrogens is 231 g/mol. The quantitative estimate of drug-likeness (QED) is 0.782. The Morgan fingerprint density at radius 2 is 2.11 bits per heavy atom. The zero-order valence-corrected chi connectivity index (χ0v) is 11.4. The molecule has 0 aliphatic carbocycles. The maximum Gasteiger partial charge on any atom is 0.146 e. The van der Waals surface area contributed by atoms with E-state index in [0.717, 1.165) is 12.1 Å². The molecule has 1 aromatic rings. The van der Waals surface area contributed by atoms with E-state index in [1.54, 1.807) is 6.07 Å². The topological polar surface area (TPSA) is 35.5 Å². The van der Waals surface area contributed by atoms with E-state index in [4.69, 9.17) is 5.11 Å². The first-order chi connectivity index (χ1) is 8.58. The van der Waals surface area contributed by atoms with Crippen molar-refractivity contribution in [1.82, 2.24) is 5.32 Å². The Hall–Kier alpha value is -1.13. The maximum atomic E-state index is 13.8. The predicted molar refractivity (Wildman–Crippen MR) is 73.3 cm³/mol. The molecule has 1 aromatic carbocycles. The molecule has 0 fully saturated rings. The number of hydrogen-bond acceptors (Lipinski definition) is 3. The summed E-state index contributed by atoms with van der Waals surface area (Å²) in [5.74, 6) is -0.237. The van der Waals surface area contributed by atoms with Crippen molar-refractivity contribution in [3.05, 3.63) is 29.6 Å². The van der Waals surface area contributed by atoms with Crippen molar-refractivity contribution in [3.63, 3.8) is 0 Å². The van der Waals surface area contributed by atoms with Crippen LogP contribution >= 0.6 is 0 Å². The Labute approximate surface area is 109 Å². The molecule has 0 saturated heterocycles. The highest BCUT2D eigenvalue weighted by molar-refractivity contribution is 5.50. The van der Waals surface area contributed by atoms with E-state index < -0.39 is 0 Å². The monoisotopic (exact) mass is 254 g/mol. The number of likely N-dealkylation sites (N-methyl/N-ethyl adjacent to an activating group) is 1. The highest BCUT2D eigenvalue weighted by atomic mass is 19.1. The Bertz CT molecular complexity index is 369. The van der Waals surface area contributed by atoms with Gasteiger partial charge in [-0.05, 0) is 24.6 Å². The third-order valence-corrected chi connectivity index (χ3v) is 2.82. The highest BCUT2D eigenvalue weighted by Gasteiger charge is 2.10. The summed E-state index contributed by atoms with van der Waals surface area (Å²) in [6.45, 7) is 7.99. The van der Waals surface area contributed by atoms with E-state index in [1.165, 1.54) is 6.07 Å². The molecule has 4 heteroatoms. The van der Waals surface area contributed by atoms with Gasteiger partial charge in [-0.25, -0.2) is 4.39 Å². The van der Waals surface area contributed by atoms with Gasteiger partial charge < -0.3 is 15.3 Å². The van der Waals surface area contributed by atoms with E-state index in [2.05, 4.69) is 19.2 Å². The minimum atomic E-state index is -0.237. The van der Waals surface area contributed by atoms with Crippen molar-refractivity contribution in [2.24, 2.45) is 0 Å². The van der Waals surface area contributed by atoms with E-state index in [0.29, 0.717) is 24.8 Å². The molecule has 0 aliphatic heterocycles. The number of halogens is 1. The zero-order valence-electron chi connectivity index (χ0n) is 11.4. The van der Waals surface area contributed by atoms with Gasteiger partial charge in [0, 0.05) is 25.7 Å². The molecule has 0 amide bonds. The molecule has 0 heterocycles. The Morgan fingerprint density at radius 1 is 1.39 bits per heavy atom. The number of hydrogen-bond donors (Lipinski definition) is 2. The van der Waals surface area contributed by atoms with Gasteiger partial charge in [-0.2, -0.15) is 0 Å². The summed E-state index contributed by atoms with van der Waals surface area (Å²) in [5.41, 5.74) is 1.62. The SMILES string of the molecule is CCN(CCO)c1cc(CNC(C)C)ccc1F. The summed E-state index contributed by atoms with van der Waals surface area (Å²) >= 11 is 0. The lowest BCUT2D eigenvalue weighted by molar-refractivity contribution is 0.302. The number of aliphatic hydroxyl groups excluding tert-OH is 1. The summed E-state index contributed by atoms with van der Waals surface area (Å²) in [5, 5.41) is 12.3. The van der Waals surface area contributed by atoms with Crippen molar-refractivity contribution < 1.29 is 9.50 Å². The minimum Gasteiger partial charge on any atom is -0.395 e. The van der Waals surface area contributed by atoms with Crippen LogP contribution in [0.15, 0.2) is 18.2 Å². The van der Waals surface area contributed by atoms with Gasteiger partial charge in [0.05, 0.1) is 12.3 Å². The molecule has 3 nitrogen and oxygen atoms in total. The molecule has 0 saturated carbocycles. The first kappa shape index (κ1) is 14.9. The molecule has 0 radical (unpaired) electrons. The van der Waals surface area contributed by atoms with Crippen molar-refractivity contribution in [1.29, 1.82) is 0 Å². The Morgan fingerprint density at radius 3 is 2.67 bits per heavy atom. The molecule has 0 spiro atoms. The van der Waals surface area contributed by atoms with E-state index >= 15 is 0 Å². The van der Waals surface area contributed by atoms with Crippen LogP contribution in [0.5, 0.6) is 0 Å². The van der Waals surface area contributed by atoms with Crippen LogP contribution in [-0.2, 0) is 6.54 Å². The molecule has 18 heavy (non-hydrogen) atoms. The molecule has 1 rings (SSSR count). The second kappa shape index (κ2) is 7.34. The smallest absolute Gasteiger partial charge is 0.146 e. The van der Waals surface area contributed by atoms with Crippen molar-refractivity contribution in [3.8, 4) is 0 Å². The fourth-order valence-corrected chi connectivity index (χ4v) is 1.80. The number of rotatable bonds is 7. The van der Waals surface area contributed by atoms with Crippen LogP contribution in [0.3, 0.4) is 0 Å². The van der Waals surface area contributed by atoms with Gasteiger partial charge in [-0.15, -0.1) is 0 Å². The van der Waals surface area contributed by atoms with Crippen LogP contribution in [-0.4, -0.2) is 30.8 Å². The number of benzene rings is 1. The number of aliphatic hydroxyl groups is 1. The molecule has 2 N–H and O–H groups in total. The van der Waals surface area contributed by atoms with Gasteiger partial charge in [-0.1, -0.05) is 19.9 Å². The second-order valence-electron chi connectivity index (χ2n) is 4.62. The van der Waals surface area contributed by atoms with E-state index in [1.807, 2.05) is 17.9 Å². The summed E-state index contributed by atoms with van der Waals surface area (Å²) in [6.07, 6.45) is 0. The van der Waals surface area contributed by atoms with Crippen molar-refractivity contribution in [2.45, 2.75) is 33.4 Å². The van der Waals surface area contributed by atoms with Gasteiger partial charge in [0.1, 0.15) is 5.82 Å². The second-order valence-corrected chi connectivity index (χ2v) is 4.62. The van der Waals surface area contributed by atoms with E-state index in [9.17, 15) is 4.39 Å². The fraction of sp³-hybridized carbons (Fsp3) is 0.571. The molecular formula is C14H23FN2O. The van der Waals surface area contributed by atoms with Crippen LogP contribution in [0.2, 0.25) is 0 Å². The Balaban J connectivity index is 2.85. The van der Waals surface area contributed by atoms with Crippen LogP contribution < -0.4 is 10.2 Å². The lowest BCUT2D eigenvalue weighted by atomic mass is 10.1. The first-order valence-electron chi connectivity index (χ1n) is 6.46. The molecule has 0 atom stereocenters. The molecule has 0 bridgehead atoms. The lowest BCUT2D eigenvalue weighted by Gasteiger charge is -2.23. The summed E-state index contributed by atoms with van der Waals surface area (Å²) in [6, 6.07) is 5.54. The van der Waals surface area contributed by atoms with Gasteiger partial charge in [-0.3, -0.25) is 0 Å². The third kappa shape index (κ3) is 4.27. The average molecular weight is 254 g/mol. The van der Waals surface area contributed by atoms with Crippen LogP contribution in [0, 0.1) is 5.82 Å². The summed E-state index contributed by atoms with van der Waals surface area (Å²) < 4.78 is 13.8. The summed E-state index contributed by atoms with van der Waals surface area (Å²) in [4.78, 5) is 1.84. The van der Waals surface area contributed by atoms with Crippen LogP contribution in [0.25, 0.3) is 0 Å². The molecule has 0 aliphatic rings. The zero-order chi connectivity index (χ0) is 13.5. The standard InChI is InChI=1S/C14H23FN2O/c1-4-17(7-8-18)14-9-12(5-6-13(14)15)10-16-11(2)3/h5-6,9,11,16,18H,4,7-8,10H2,1-3H3. The van der Waals surface area contributed by atoms with Gasteiger partial charge in [0.25, 0.3) is 0 Å². The molecule has 0 aromatic heterocycles. The minimum absolute atomic E-state index is 0.0295. The third-order valence-electron chi connectivity index (χ3n) is 2.82. The Kier molecular flexibility index (Phi) is 6.09. The number of nitrogens with zero attached hydrogens (tertiary/aromatic N) is 1. The normalized spacial score (nSPS) is 11.0. The van der Waals surface area contributed by atoms with Crippen molar-refractivity contribution in [2.75, 3.05) is 24.6 Å². The number of nitrogens with one attached hydrogen (secondary N) is 1. The van der Waals surface area contributed by atoms with Crippen molar-refractivity contribution >= 4 is 5.69 Å². The van der Waals surface area contributed by atoms with Gasteiger partial charge >= 0.3 is 0 Å². The van der Waals surface area contributed by atoms with Crippen LogP contribution in [0.4, 0.5) is 10.1 Å². The summed E-state index contributed by atoms with van der Waals surface area (Å²) in [7, 11) is 0. The van der Waals surface area contributed by atoms with Gasteiger partial charge in [0.15, 0.2) is 0 Å². The highest BCUT2D eigenvalue weighted by Crippen LogP contribution is 2.20. The predicted octanol–water partition coefficient (Wildman–Crippen LogP) is 2.14. The first-order valence-corrected chi connectivity index (χ1v) is 6.46. The number of anilines is 1. The van der Waals surface area contributed by atoms with E-state index in [-0.39, 0.29) is 12.4 Å². The maximum absolute atomic E-state index is 13.8. The van der Waals surface area contributed by atoms with Crippen LogP contribution in [0.1, 0.15) is 26.3 Å². The fourth-order valence-electron chi connectivity index (χ4n) is 1.80. The molecule has 0 unspecified atom stereocenters. The average Bonchev–Trinajstić information content (AvgIpc) is 2.35. The van der Waals surface area contributed by atoms with Gasteiger partial charge in [0.2, 0.25) is 0 Å². The largest absolute Gasteiger partial charge is 0.395 e.